The van der Waals surface area contributed by atoms with Gasteiger partial charge in [0, 0.05) is 28.2 Å². The number of carboxylic acid groups (broad SMARTS) is 4. The number of nitrogens with zero attached hydrogens (tertiary/aromatic N) is 4. The molecule has 0 aliphatic rings. The number of hydrogen-bond donors (Lipinski definition) is 4. The van der Waals surface area contributed by atoms with Crippen LogP contribution in [0.3, 0.4) is 0 Å². The van der Waals surface area contributed by atoms with Gasteiger partial charge in [-0.3, -0.25) is 9.59 Å². The van der Waals surface area contributed by atoms with Gasteiger partial charge >= 0.3 is 28.7 Å². The van der Waals surface area contributed by atoms with Crippen molar-refractivity contribution < 1.29 is 76.9 Å². The summed E-state index contributed by atoms with van der Waals surface area (Å²) in [6, 6.07) is 0. The molecular formula is C18H30CoN6O12+2. The molecule has 1 radical (unpaired) electrons. The van der Waals surface area contributed by atoms with E-state index in [0.29, 0.717) is 0 Å². The zero-order chi connectivity index (χ0) is 27.2. The molecule has 0 saturated carbocycles. The predicted molar refractivity (Wildman–Crippen MR) is 118 cm³/mol. The van der Waals surface area contributed by atoms with Crippen molar-refractivity contribution in [2.45, 2.75) is 13.8 Å². The Bertz CT molecular complexity index is 876. The van der Waals surface area contributed by atoms with E-state index >= 15 is 0 Å². The third-order valence-corrected chi connectivity index (χ3v) is 2.88. The molecule has 0 unspecified atom stereocenters. The van der Waals surface area contributed by atoms with Crippen LogP contribution in [0.15, 0.2) is 0 Å². The van der Waals surface area contributed by atoms with Crippen LogP contribution in [0, 0.1) is 13.8 Å². The van der Waals surface area contributed by atoms with Gasteiger partial charge in [-0.2, -0.15) is 0 Å². The fraction of sp³-hybridized carbons (Fsp3) is 0.333. The maximum atomic E-state index is 10.4. The fourth-order valence-electron chi connectivity index (χ4n) is 1.59. The molecule has 0 aliphatic heterocycles. The van der Waals surface area contributed by atoms with Crippen molar-refractivity contribution in [3.8, 4) is 0 Å². The monoisotopic (exact) mass is 581 g/mol. The molecule has 19 heteroatoms. The number of carbonyl (C=O) groups is 6. The molecule has 0 atom stereocenters. The zero-order valence-electron chi connectivity index (χ0n) is 20.6. The van der Waals surface area contributed by atoms with Crippen molar-refractivity contribution in [3.05, 3.63) is 34.4 Å². The number of aromatic amines is 2. The van der Waals surface area contributed by atoms with Gasteiger partial charge in [0.2, 0.25) is 12.8 Å². The van der Waals surface area contributed by atoms with E-state index in [0.717, 1.165) is 12.8 Å². The van der Waals surface area contributed by atoms with E-state index in [4.69, 9.17) is 10.2 Å². The van der Waals surface area contributed by atoms with E-state index in [2.05, 4.69) is 19.9 Å². The van der Waals surface area contributed by atoms with Crippen molar-refractivity contribution in [1.82, 2.24) is 29.7 Å². The number of hydrogen-bond acceptors (Lipinski definition) is 10. The molecule has 0 bridgehead atoms. The van der Waals surface area contributed by atoms with Crippen LogP contribution >= 0.6 is 0 Å². The molecule has 2 heterocycles. The molecule has 2 amide bonds. The van der Waals surface area contributed by atoms with Crippen molar-refractivity contribution in [2.24, 2.45) is 0 Å². The van der Waals surface area contributed by atoms with E-state index in [1.807, 2.05) is 0 Å². The first-order valence-corrected chi connectivity index (χ1v) is 8.84. The minimum Gasteiger partial charge on any atom is -0.543 e. The summed E-state index contributed by atoms with van der Waals surface area (Å²) in [6.07, 6.45) is 1.50. The van der Waals surface area contributed by atoms with Crippen LogP contribution in [0.2, 0.25) is 0 Å². The first-order valence-electron chi connectivity index (χ1n) is 8.84. The molecule has 0 spiro atoms. The van der Waals surface area contributed by atoms with E-state index in [9.17, 15) is 39.0 Å². The van der Waals surface area contributed by atoms with Gasteiger partial charge in [0.25, 0.3) is 0 Å². The van der Waals surface area contributed by atoms with Gasteiger partial charge in [-0.1, -0.05) is 0 Å². The molecule has 2 aromatic rings. The summed E-state index contributed by atoms with van der Waals surface area (Å²) in [5.41, 5.74) is -2.04. The zero-order valence-corrected chi connectivity index (χ0v) is 21.6. The van der Waals surface area contributed by atoms with E-state index in [-0.39, 0.29) is 39.4 Å². The molecule has 211 valence electrons. The van der Waals surface area contributed by atoms with Gasteiger partial charge in [-0.25, -0.2) is 19.6 Å². The molecule has 10 N–H and O–H groups in total. The number of H-pyrrole nitrogens is 2. The Morgan fingerprint density at radius 1 is 0.730 bits per heavy atom. The number of aromatic carboxylic acids is 4. The Hall–Kier alpha value is -4.33. The van der Waals surface area contributed by atoms with Crippen LogP contribution < -0.4 is 10.2 Å². The number of aryl methyl sites for hydroxylation is 2. The molecule has 0 aromatic carbocycles. The van der Waals surface area contributed by atoms with Gasteiger partial charge in [0.15, 0.2) is 11.4 Å². The summed E-state index contributed by atoms with van der Waals surface area (Å²) in [4.78, 5) is 74.5. The Morgan fingerprint density at radius 3 is 1.05 bits per heavy atom. The summed E-state index contributed by atoms with van der Waals surface area (Å²) in [6.45, 7) is 2.91. The molecule has 0 saturated heterocycles. The first-order chi connectivity index (χ1) is 15.6. The van der Waals surface area contributed by atoms with Gasteiger partial charge in [0.1, 0.15) is 23.0 Å². The molecule has 2 rings (SSSR count). The Kier molecular flexibility index (Phi) is 24.3. The number of carboxylic acids is 4. The normalized spacial score (nSPS) is 8.16. The molecule has 0 fully saturated rings. The Morgan fingerprint density at radius 2 is 0.946 bits per heavy atom. The molecular weight excluding hydrogens is 551 g/mol. The molecule has 2 aromatic heterocycles. The average Bonchev–Trinajstić information content (AvgIpc) is 3.32. The predicted octanol–water partition coefficient (Wildman–Crippen LogP) is -4.88. The standard InChI is InChI=1S/2C6H6N2O4.2C3H7NO.Co.2H2O/c2*1-2-7-3(5(9)10)4(8-2)6(11)12;2*1-4(2)3-5;;;/h2*1H3,(H,7,8)(H,9,10)(H,11,12);2*3H,1-2H3;;2*1H2/q;;;;+2;;. The summed E-state index contributed by atoms with van der Waals surface area (Å²) in [5, 5.41) is 37.5. The number of carbonyl (C=O) groups excluding carboxylic acids is 4. The number of imidazole rings is 2. The van der Waals surface area contributed by atoms with Crippen molar-refractivity contribution in [1.29, 1.82) is 0 Å². The van der Waals surface area contributed by atoms with Gasteiger partial charge in [0.05, 0.1) is 11.9 Å². The second-order valence-corrected chi connectivity index (χ2v) is 6.41. The summed E-state index contributed by atoms with van der Waals surface area (Å²) in [5.74, 6) is -5.48. The minimum absolute atomic E-state index is 0. The second kappa shape index (κ2) is 21.0. The fourth-order valence-corrected chi connectivity index (χ4v) is 1.59. The van der Waals surface area contributed by atoms with Crippen molar-refractivity contribution in [2.75, 3.05) is 28.2 Å². The quantitative estimate of drug-likeness (QED) is 0.184. The summed E-state index contributed by atoms with van der Waals surface area (Å²) >= 11 is 0. The third kappa shape index (κ3) is 17.7. The maximum Gasteiger partial charge on any atom is 2.00 e. The molecule has 37 heavy (non-hydrogen) atoms. The summed E-state index contributed by atoms with van der Waals surface area (Å²) in [7, 11) is 6.75. The van der Waals surface area contributed by atoms with Crippen LogP contribution in [0.5, 0.6) is 0 Å². The number of rotatable bonds is 6. The van der Waals surface area contributed by atoms with Gasteiger partial charge in [-0.15, -0.1) is 0 Å². The minimum atomic E-state index is -1.60. The number of amides is 2. The van der Waals surface area contributed by atoms with E-state index in [1.165, 1.54) is 23.6 Å². The van der Waals surface area contributed by atoms with Crippen LogP contribution in [0.1, 0.15) is 53.6 Å². The Labute approximate surface area is 220 Å². The van der Waals surface area contributed by atoms with E-state index < -0.39 is 46.7 Å². The molecule has 18 nitrogen and oxygen atoms in total. The first kappa shape index (κ1) is 42.8. The average molecular weight is 581 g/mol. The van der Waals surface area contributed by atoms with Gasteiger partial charge in [-0.05, 0) is 13.8 Å². The maximum absolute atomic E-state index is 10.4. The van der Waals surface area contributed by atoms with Crippen molar-refractivity contribution in [3.63, 3.8) is 0 Å². The Balaban J connectivity index is -0.000000129. The van der Waals surface area contributed by atoms with Crippen LogP contribution in [0.4, 0.5) is 0 Å². The summed E-state index contributed by atoms with van der Waals surface area (Å²) < 4.78 is 0. The van der Waals surface area contributed by atoms with Crippen molar-refractivity contribution >= 4 is 36.7 Å². The second-order valence-electron chi connectivity index (χ2n) is 6.41. The topological polar surface area (TPSA) is 319 Å². The van der Waals surface area contributed by atoms with Crippen LogP contribution in [-0.2, 0) is 37.3 Å². The van der Waals surface area contributed by atoms with Crippen LogP contribution in [-0.4, -0.2) is 105 Å². The largest absolute Gasteiger partial charge is 2.00 e. The smallest absolute Gasteiger partial charge is 0.543 e. The number of nitrogens with one attached hydrogen (secondary N) is 2. The molecule has 0 aliphatic carbocycles. The van der Waals surface area contributed by atoms with E-state index in [1.54, 1.807) is 28.2 Å². The van der Waals surface area contributed by atoms with Crippen LogP contribution in [0.25, 0.3) is 0 Å². The van der Waals surface area contributed by atoms with Gasteiger partial charge < -0.3 is 60.7 Å². The SMILES string of the molecule is CN(C)C=O.CN(C)C=O.Cc1nc(C(=O)[O-])c(C(=O)O)[nH]1.Cc1nc(C(=O)[O-])c(C(=O)O)[nH]1.[Co+2].[OH3+].[OH3+]. The third-order valence-electron chi connectivity index (χ3n) is 2.88. The number of aromatic nitrogens is 4.